The van der Waals surface area contributed by atoms with Gasteiger partial charge in [-0.1, -0.05) is 113 Å². The van der Waals surface area contributed by atoms with Crippen LogP contribution in [0.3, 0.4) is 0 Å². The summed E-state index contributed by atoms with van der Waals surface area (Å²) in [4.78, 5) is 20.0. The van der Waals surface area contributed by atoms with Crippen molar-refractivity contribution in [2.75, 3.05) is 11.5 Å². The number of benzene rings is 3. The molecular formula is C24H25O4PS2. The highest BCUT2D eigenvalue weighted by molar-refractivity contribution is 8.76. The fourth-order valence-corrected chi connectivity index (χ4v) is 6.82. The van der Waals surface area contributed by atoms with Gasteiger partial charge in [0.05, 0.1) is 12.8 Å². The van der Waals surface area contributed by atoms with Gasteiger partial charge in [-0.2, -0.15) is 0 Å². The molecule has 3 aromatic carbocycles. The topological polar surface area (TPSA) is 74.6 Å². The highest BCUT2D eigenvalue weighted by Crippen LogP contribution is 2.32. The molecule has 0 bridgehead atoms. The number of rotatable bonds is 10. The summed E-state index contributed by atoms with van der Waals surface area (Å²) in [5, 5.41) is 20.7. The van der Waals surface area contributed by atoms with Crippen molar-refractivity contribution in [1.29, 1.82) is 0 Å². The maximum Gasteiger partial charge on any atom is 0.304 e. The molecule has 0 saturated heterocycles. The molecule has 0 heterocycles. The number of carboxylic acid groups (broad SMARTS) is 2. The molecule has 0 radical (unpaired) electrons. The first-order chi connectivity index (χ1) is 15.1. The average Bonchev–Trinajstić information content (AvgIpc) is 2.79. The van der Waals surface area contributed by atoms with Crippen LogP contribution in [-0.4, -0.2) is 33.7 Å². The minimum Gasteiger partial charge on any atom is -0.481 e. The molecule has 162 valence electrons. The SMILES string of the molecule is O=C(O)CCSSCCC(=O)O.c1ccc(P(c2ccccc2)c2ccccc2)cc1. The Labute approximate surface area is 192 Å². The van der Waals surface area contributed by atoms with E-state index < -0.39 is 19.9 Å². The highest BCUT2D eigenvalue weighted by atomic mass is 33.1. The first-order valence-electron chi connectivity index (χ1n) is 9.71. The lowest BCUT2D eigenvalue weighted by Crippen LogP contribution is -2.20. The van der Waals surface area contributed by atoms with E-state index in [4.69, 9.17) is 10.2 Å². The van der Waals surface area contributed by atoms with E-state index in [1.165, 1.54) is 37.5 Å². The summed E-state index contributed by atoms with van der Waals surface area (Å²) < 4.78 is 0. The fourth-order valence-electron chi connectivity index (χ4n) is 2.55. The first kappa shape index (κ1) is 25.0. The van der Waals surface area contributed by atoms with Crippen LogP contribution in [0.5, 0.6) is 0 Å². The number of hydrogen-bond acceptors (Lipinski definition) is 4. The maximum atomic E-state index is 10.0. The van der Waals surface area contributed by atoms with Gasteiger partial charge in [-0.15, -0.1) is 0 Å². The average molecular weight is 473 g/mol. The van der Waals surface area contributed by atoms with Crippen molar-refractivity contribution in [1.82, 2.24) is 0 Å². The summed E-state index contributed by atoms with van der Waals surface area (Å²) in [5.41, 5.74) is 0. The van der Waals surface area contributed by atoms with E-state index in [-0.39, 0.29) is 12.8 Å². The zero-order valence-electron chi connectivity index (χ0n) is 17.0. The molecule has 0 amide bonds. The van der Waals surface area contributed by atoms with Crippen molar-refractivity contribution >= 4 is 57.4 Å². The lowest BCUT2D eigenvalue weighted by Gasteiger charge is -2.18. The second-order valence-corrected chi connectivity index (χ2v) is 11.2. The summed E-state index contributed by atoms with van der Waals surface area (Å²) in [7, 11) is 2.35. The molecule has 0 atom stereocenters. The Balaban J connectivity index is 0.000000248. The molecule has 0 fully saturated rings. The van der Waals surface area contributed by atoms with Gasteiger partial charge in [0.25, 0.3) is 0 Å². The third kappa shape index (κ3) is 10.1. The second-order valence-electron chi connectivity index (χ2n) is 6.27. The summed E-state index contributed by atoms with van der Waals surface area (Å²) >= 11 is 0. The Bertz CT molecular complexity index is 797. The first-order valence-corrected chi connectivity index (χ1v) is 13.5. The number of carbonyl (C=O) groups is 2. The van der Waals surface area contributed by atoms with Gasteiger partial charge in [-0.25, -0.2) is 0 Å². The predicted octanol–water partition coefficient (Wildman–Crippen LogP) is 4.76. The highest BCUT2D eigenvalue weighted by Gasteiger charge is 2.14. The number of aliphatic carboxylic acids is 2. The van der Waals surface area contributed by atoms with Gasteiger partial charge in [0, 0.05) is 11.5 Å². The summed E-state index contributed by atoms with van der Waals surface area (Å²) in [6.07, 6.45) is 0.259. The third-order valence-corrected chi connectivity index (χ3v) is 8.78. The van der Waals surface area contributed by atoms with Crippen molar-refractivity contribution < 1.29 is 19.8 Å². The Kier molecular flexibility index (Phi) is 11.8. The molecule has 0 aliphatic heterocycles. The molecule has 0 saturated carbocycles. The van der Waals surface area contributed by atoms with Crippen molar-refractivity contribution in [2.24, 2.45) is 0 Å². The summed E-state index contributed by atoms with van der Waals surface area (Å²) in [6.45, 7) is 0. The van der Waals surface area contributed by atoms with E-state index in [2.05, 4.69) is 91.0 Å². The van der Waals surface area contributed by atoms with E-state index in [1.807, 2.05) is 0 Å². The zero-order chi connectivity index (χ0) is 22.3. The van der Waals surface area contributed by atoms with Crippen molar-refractivity contribution in [2.45, 2.75) is 12.8 Å². The van der Waals surface area contributed by atoms with Gasteiger partial charge in [0.1, 0.15) is 0 Å². The maximum absolute atomic E-state index is 10.0. The largest absolute Gasteiger partial charge is 0.481 e. The Morgan fingerprint density at radius 1 is 0.581 bits per heavy atom. The lowest BCUT2D eigenvalue weighted by atomic mass is 10.4. The van der Waals surface area contributed by atoms with Crippen LogP contribution in [0, 0.1) is 0 Å². The number of carboxylic acids is 2. The molecule has 3 aromatic rings. The molecule has 0 unspecified atom stereocenters. The monoisotopic (exact) mass is 472 g/mol. The van der Waals surface area contributed by atoms with E-state index in [0.29, 0.717) is 11.5 Å². The van der Waals surface area contributed by atoms with Gasteiger partial charge >= 0.3 is 11.9 Å². The van der Waals surface area contributed by atoms with Crippen LogP contribution in [-0.2, 0) is 9.59 Å². The van der Waals surface area contributed by atoms with Crippen LogP contribution >= 0.6 is 29.5 Å². The Hall–Kier alpha value is -2.27. The van der Waals surface area contributed by atoms with Gasteiger partial charge in [0.15, 0.2) is 0 Å². The van der Waals surface area contributed by atoms with E-state index >= 15 is 0 Å². The van der Waals surface area contributed by atoms with E-state index in [1.54, 1.807) is 0 Å². The van der Waals surface area contributed by atoms with Crippen LogP contribution in [0.15, 0.2) is 91.0 Å². The van der Waals surface area contributed by atoms with Crippen molar-refractivity contribution in [3.8, 4) is 0 Å². The second kappa shape index (κ2) is 14.7. The molecule has 0 aliphatic carbocycles. The summed E-state index contributed by atoms with van der Waals surface area (Å²) in [5.74, 6) is -0.582. The van der Waals surface area contributed by atoms with Gasteiger partial charge in [-0.05, 0) is 23.8 Å². The quantitative estimate of drug-likeness (QED) is 0.252. The minimum atomic E-state index is -0.818. The van der Waals surface area contributed by atoms with Crippen LogP contribution in [0.2, 0.25) is 0 Å². The zero-order valence-corrected chi connectivity index (χ0v) is 19.5. The summed E-state index contributed by atoms with van der Waals surface area (Å²) in [6, 6.07) is 32.3. The van der Waals surface area contributed by atoms with Crippen LogP contribution in [0.25, 0.3) is 0 Å². The Morgan fingerprint density at radius 2 is 0.871 bits per heavy atom. The molecule has 4 nitrogen and oxygen atoms in total. The standard InChI is InChI=1S/C18H15P.C6H10O4S2/c1-4-10-16(11-5-1)19(17-12-6-2-7-13-17)18-14-8-3-9-15-18;7-5(8)1-3-11-12-4-2-6(9)10/h1-15H;1-4H2,(H,7,8)(H,9,10). The molecular weight excluding hydrogens is 447 g/mol. The van der Waals surface area contributed by atoms with Crippen molar-refractivity contribution in [3.05, 3.63) is 91.0 Å². The molecule has 31 heavy (non-hydrogen) atoms. The van der Waals surface area contributed by atoms with Crippen LogP contribution in [0.1, 0.15) is 12.8 Å². The molecule has 3 rings (SSSR count). The predicted molar refractivity (Wildman–Crippen MR) is 135 cm³/mol. The molecule has 0 spiro atoms. The van der Waals surface area contributed by atoms with Gasteiger partial charge < -0.3 is 10.2 Å². The van der Waals surface area contributed by atoms with E-state index in [0.717, 1.165) is 0 Å². The molecule has 2 N–H and O–H groups in total. The van der Waals surface area contributed by atoms with Crippen LogP contribution in [0.4, 0.5) is 0 Å². The molecule has 7 heteroatoms. The van der Waals surface area contributed by atoms with Gasteiger partial charge in [-0.3, -0.25) is 9.59 Å². The van der Waals surface area contributed by atoms with Gasteiger partial charge in [0.2, 0.25) is 0 Å². The minimum absolute atomic E-state index is 0.130. The fraction of sp³-hybridized carbons (Fsp3) is 0.167. The Morgan fingerprint density at radius 3 is 1.13 bits per heavy atom. The smallest absolute Gasteiger partial charge is 0.304 e. The number of hydrogen-bond donors (Lipinski definition) is 2. The normalized spacial score (nSPS) is 10.2. The third-order valence-electron chi connectivity index (χ3n) is 3.93. The lowest BCUT2D eigenvalue weighted by molar-refractivity contribution is -0.137. The van der Waals surface area contributed by atoms with E-state index in [9.17, 15) is 9.59 Å². The van der Waals surface area contributed by atoms with Crippen molar-refractivity contribution in [3.63, 3.8) is 0 Å². The molecule has 0 aliphatic rings. The molecule has 0 aromatic heterocycles. The van der Waals surface area contributed by atoms with Crippen LogP contribution < -0.4 is 15.9 Å².